The molecule has 1 aromatic heterocycles. The van der Waals surface area contributed by atoms with Crippen LogP contribution in [-0.4, -0.2) is 16.9 Å². The van der Waals surface area contributed by atoms with Crippen LogP contribution in [0.3, 0.4) is 0 Å². The standard InChI is InChI=1S/C24H22N2O2/c1-27-23-17-26(25-24(23)21-10-6-3-7-11-21)16-19-12-14-22(15-13-19)28-18-20-8-4-2-5-9-20/h2-15,17H,16,18H2,1H3. The summed E-state index contributed by atoms with van der Waals surface area (Å²) in [5.41, 5.74) is 4.20. The highest BCUT2D eigenvalue weighted by atomic mass is 16.5. The summed E-state index contributed by atoms with van der Waals surface area (Å²) in [6, 6.07) is 28.4. The highest BCUT2D eigenvalue weighted by Gasteiger charge is 2.11. The number of methoxy groups -OCH3 is 1. The van der Waals surface area contributed by atoms with Gasteiger partial charge in [-0.2, -0.15) is 5.10 Å². The van der Waals surface area contributed by atoms with Crippen molar-refractivity contribution in [2.45, 2.75) is 13.2 Å². The van der Waals surface area contributed by atoms with Crippen molar-refractivity contribution >= 4 is 0 Å². The number of aromatic nitrogens is 2. The normalized spacial score (nSPS) is 10.6. The van der Waals surface area contributed by atoms with E-state index in [0.29, 0.717) is 13.2 Å². The van der Waals surface area contributed by atoms with Crippen LogP contribution in [0.5, 0.6) is 11.5 Å². The van der Waals surface area contributed by atoms with E-state index in [1.165, 1.54) is 0 Å². The number of ether oxygens (including phenoxy) is 2. The minimum Gasteiger partial charge on any atom is -0.493 e. The summed E-state index contributed by atoms with van der Waals surface area (Å²) in [6.07, 6.45) is 1.93. The predicted octanol–water partition coefficient (Wildman–Crippen LogP) is 5.19. The van der Waals surface area contributed by atoms with Gasteiger partial charge in [0.25, 0.3) is 0 Å². The number of hydrogen-bond acceptors (Lipinski definition) is 3. The van der Waals surface area contributed by atoms with E-state index in [9.17, 15) is 0 Å². The second kappa shape index (κ2) is 8.44. The molecule has 0 aliphatic carbocycles. The molecule has 3 aromatic carbocycles. The highest BCUT2D eigenvalue weighted by Crippen LogP contribution is 2.28. The molecule has 0 unspecified atom stereocenters. The second-order valence-electron chi connectivity index (χ2n) is 6.53. The molecule has 0 amide bonds. The summed E-state index contributed by atoms with van der Waals surface area (Å²) >= 11 is 0. The van der Waals surface area contributed by atoms with E-state index in [2.05, 4.69) is 24.3 Å². The topological polar surface area (TPSA) is 36.3 Å². The molecule has 0 N–H and O–H groups in total. The fraction of sp³-hybridized carbons (Fsp3) is 0.125. The fourth-order valence-corrected chi connectivity index (χ4v) is 3.05. The molecule has 4 heteroatoms. The third kappa shape index (κ3) is 4.23. The van der Waals surface area contributed by atoms with E-state index in [0.717, 1.165) is 33.9 Å². The summed E-state index contributed by atoms with van der Waals surface area (Å²) < 4.78 is 13.3. The first-order chi connectivity index (χ1) is 13.8. The van der Waals surface area contributed by atoms with Crippen LogP contribution in [-0.2, 0) is 13.2 Å². The van der Waals surface area contributed by atoms with Gasteiger partial charge in [-0.15, -0.1) is 0 Å². The number of rotatable bonds is 7. The highest BCUT2D eigenvalue weighted by molar-refractivity contribution is 5.65. The smallest absolute Gasteiger partial charge is 0.164 e. The van der Waals surface area contributed by atoms with Gasteiger partial charge in [0.15, 0.2) is 5.75 Å². The first-order valence-corrected chi connectivity index (χ1v) is 9.24. The Hall–Kier alpha value is -3.53. The van der Waals surface area contributed by atoms with Crippen molar-refractivity contribution in [1.29, 1.82) is 0 Å². The Morgan fingerprint density at radius 3 is 2.14 bits per heavy atom. The van der Waals surface area contributed by atoms with Crippen LogP contribution in [0.2, 0.25) is 0 Å². The van der Waals surface area contributed by atoms with Gasteiger partial charge in [0.05, 0.1) is 19.9 Å². The minimum atomic E-state index is 0.566. The van der Waals surface area contributed by atoms with Crippen LogP contribution in [0.15, 0.2) is 91.1 Å². The summed E-state index contributed by atoms with van der Waals surface area (Å²) in [5, 5.41) is 4.71. The predicted molar refractivity (Wildman–Crippen MR) is 111 cm³/mol. The quantitative estimate of drug-likeness (QED) is 0.449. The lowest BCUT2D eigenvalue weighted by Gasteiger charge is -2.07. The largest absolute Gasteiger partial charge is 0.493 e. The summed E-state index contributed by atoms with van der Waals surface area (Å²) in [4.78, 5) is 0. The summed E-state index contributed by atoms with van der Waals surface area (Å²) in [6.45, 7) is 1.24. The van der Waals surface area contributed by atoms with E-state index in [-0.39, 0.29) is 0 Å². The molecule has 0 aliphatic heterocycles. The van der Waals surface area contributed by atoms with Gasteiger partial charge in [0, 0.05) is 5.56 Å². The monoisotopic (exact) mass is 370 g/mol. The van der Waals surface area contributed by atoms with Gasteiger partial charge in [-0.05, 0) is 23.3 Å². The molecule has 0 atom stereocenters. The fourth-order valence-electron chi connectivity index (χ4n) is 3.05. The molecule has 0 aliphatic rings. The lowest BCUT2D eigenvalue weighted by molar-refractivity contribution is 0.306. The first-order valence-electron chi connectivity index (χ1n) is 9.24. The Bertz CT molecular complexity index is 1010. The Kier molecular flexibility index (Phi) is 5.38. The maximum absolute atomic E-state index is 5.85. The van der Waals surface area contributed by atoms with Gasteiger partial charge >= 0.3 is 0 Å². The number of hydrogen-bond donors (Lipinski definition) is 0. The molecule has 1 heterocycles. The first kappa shape index (κ1) is 17.9. The van der Waals surface area contributed by atoms with Gasteiger partial charge in [-0.3, -0.25) is 4.68 Å². The van der Waals surface area contributed by atoms with Gasteiger partial charge < -0.3 is 9.47 Å². The van der Waals surface area contributed by atoms with Crippen LogP contribution in [0, 0.1) is 0 Å². The average molecular weight is 370 g/mol. The third-order valence-corrected chi connectivity index (χ3v) is 4.51. The average Bonchev–Trinajstić information content (AvgIpc) is 3.17. The SMILES string of the molecule is COc1cn(Cc2ccc(OCc3ccccc3)cc2)nc1-c1ccccc1. The molecule has 140 valence electrons. The van der Waals surface area contributed by atoms with E-state index in [4.69, 9.17) is 14.6 Å². The molecule has 4 aromatic rings. The summed E-state index contributed by atoms with van der Waals surface area (Å²) in [5.74, 6) is 1.63. The molecule has 28 heavy (non-hydrogen) atoms. The van der Waals surface area contributed by atoms with Crippen LogP contribution >= 0.6 is 0 Å². The maximum atomic E-state index is 5.85. The van der Waals surface area contributed by atoms with E-state index >= 15 is 0 Å². The molecular weight excluding hydrogens is 348 g/mol. The zero-order chi connectivity index (χ0) is 19.2. The molecule has 0 saturated heterocycles. The number of benzene rings is 3. The van der Waals surface area contributed by atoms with Crippen LogP contribution < -0.4 is 9.47 Å². The van der Waals surface area contributed by atoms with Gasteiger partial charge in [0.2, 0.25) is 0 Å². The molecule has 0 fully saturated rings. The Morgan fingerprint density at radius 1 is 0.786 bits per heavy atom. The second-order valence-corrected chi connectivity index (χ2v) is 6.53. The van der Waals surface area contributed by atoms with Crippen LogP contribution in [0.1, 0.15) is 11.1 Å². The Labute approximate surface area is 165 Å². The van der Waals surface area contributed by atoms with Crippen molar-refractivity contribution in [3.05, 3.63) is 102 Å². The van der Waals surface area contributed by atoms with E-state index in [1.54, 1.807) is 7.11 Å². The van der Waals surface area contributed by atoms with Crippen molar-refractivity contribution in [3.8, 4) is 22.8 Å². The van der Waals surface area contributed by atoms with Crippen molar-refractivity contribution in [3.63, 3.8) is 0 Å². The zero-order valence-corrected chi connectivity index (χ0v) is 15.8. The molecule has 0 bridgehead atoms. The number of nitrogens with zero attached hydrogens (tertiary/aromatic N) is 2. The molecule has 0 saturated carbocycles. The van der Waals surface area contributed by atoms with Crippen LogP contribution in [0.4, 0.5) is 0 Å². The molecule has 4 nitrogen and oxygen atoms in total. The lowest BCUT2D eigenvalue weighted by atomic mass is 10.1. The van der Waals surface area contributed by atoms with Crippen molar-refractivity contribution in [1.82, 2.24) is 9.78 Å². The van der Waals surface area contributed by atoms with E-state index < -0.39 is 0 Å². The third-order valence-electron chi connectivity index (χ3n) is 4.51. The lowest BCUT2D eigenvalue weighted by Crippen LogP contribution is -2.01. The maximum Gasteiger partial charge on any atom is 0.164 e. The zero-order valence-electron chi connectivity index (χ0n) is 15.8. The Morgan fingerprint density at radius 2 is 1.46 bits per heavy atom. The molecular formula is C24H22N2O2. The molecule has 0 spiro atoms. The minimum absolute atomic E-state index is 0.566. The van der Waals surface area contributed by atoms with Crippen molar-refractivity contribution in [2.24, 2.45) is 0 Å². The van der Waals surface area contributed by atoms with Crippen molar-refractivity contribution in [2.75, 3.05) is 7.11 Å². The molecule has 4 rings (SSSR count). The molecule has 0 radical (unpaired) electrons. The van der Waals surface area contributed by atoms with Gasteiger partial charge in [-0.25, -0.2) is 0 Å². The van der Waals surface area contributed by atoms with Crippen LogP contribution in [0.25, 0.3) is 11.3 Å². The van der Waals surface area contributed by atoms with Gasteiger partial charge in [-0.1, -0.05) is 72.8 Å². The van der Waals surface area contributed by atoms with Crippen molar-refractivity contribution < 1.29 is 9.47 Å². The van der Waals surface area contributed by atoms with Gasteiger partial charge in [0.1, 0.15) is 18.1 Å². The Balaban J connectivity index is 1.44. The van der Waals surface area contributed by atoms with E-state index in [1.807, 2.05) is 71.5 Å². The summed E-state index contributed by atoms with van der Waals surface area (Å²) in [7, 11) is 1.67.